The number of hydrogen-bond donors (Lipinski definition) is 1. The van der Waals surface area contributed by atoms with Crippen LogP contribution in [0.15, 0.2) is 35.8 Å². The van der Waals surface area contributed by atoms with Crippen molar-refractivity contribution < 1.29 is 19.4 Å². The summed E-state index contributed by atoms with van der Waals surface area (Å²) in [5, 5.41) is 6.89. The van der Waals surface area contributed by atoms with E-state index in [1.165, 1.54) is 12.8 Å². The van der Waals surface area contributed by atoms with Crippen LogP contribution in [0.1, 0.15) is 59.8 Å². The molecular weight excluding hydrogens is 292 g/mol. The van der Waals surface area contributed by atoms with Gasteiger partial charge in [-0.25, -0.2) is 0 Å². The van der Waals surface area contributed by atoms with Gasteiger partial charge in [-0.15, -0.1) is 0 Å². The fourth-order valence-electron chi connectivity index (χ4n) is 2.10. The van der Waals surface area contributed by atoms with E-state index >= 15 is 0 Å². The first-order valence-corrected chi connectivity index (χ1v) is 8.53. The predicted octanol–water partition coefficient (Wildman–Crippen LogP) is 5.32. The van der Waals surface area contributed by atoms with Crippen molar-refractivity contribution in [2.75, 3.05) is 13.7 Å². The number of carbonyl (C=O) groups is 1. The van der Waals surface area contributed by atoms with E-state index in [4.69, 9.17) is 19.4 Å². The first kappa shape index (κ1) is 23.6. The maximum atomic E-state index is 8.36. The Morgan fingerprint density at radius 2 is 1.96 bits per heavy atom. The summed E-state index contributed by atoms with van der Waals surface area (Å²) in [6, 6.07) is 0. The van der Waals surface area contributed by atoms with Gasteiger partial charge in [-0.3, -0.25) is 4.79 Å². The van der Waals surface area contributed by atoms with E-state index in [1.807, 2.05) is 13.8 Å². The highest BCUT2D eigenvalue weighted by atomic mass is 16.5. The van der Waals surface area contributed by atoms with Gasteiger partial charge in [0.1, 0.15) is 0 Å². The van der Waals surface area contributed by atoms with Crippen molar-refractivity contribution in [2.24, 2.45) is 5.92 Å². The van der Waals surface area contributed by atoms with Crippen molar-refractivity contribution in [1.29, 1.82) is 0 Å². The minimum Gasteiger partial charge on any atom is -0.493 e. The molecule has 4 heteroatoms. The fraction of sp³-hybridized carbons (Fsp3) is 0.632. The van der Waals surface area contributed by atoms with Gasteiger partial charge in [0, 0.05) is 0 Å². The summed E-state index contributed by atoms with van der Waals surface area (Å²) in [4.78, 5) is 8.36. The molecule has 0 radical (unpaired) electrons. The molecule has 0 saturated carbocycles. The summed E-state index contributed by atoms with van der Waals surface area (Å²) in [5.74, 6) is 2.26. The van der Waals surface area contributed by atoms with Gasteiger partial charge in [0.2, 0.25) is 0 Å². The van der Waals surface area contributed by atoms with Gasteiger partial charge in [0.25, 0.3) is 6.47 Å². The van der Waals surface area contributed by atoms with Crippen molar-refractivity contribution in [3.8, 4) is 0 Å². The second kappa shape index (κ2) is 18.3. The number of unbranched alkanes of at least 4 members (excludes halogenated alkanes) is 2. The molecule has 0 aromatic carbocycles. The zero-order chi connectivity index (χ0) is 17.9. The molecule has 1 N–H and O–H groups in total. The Morgan fingerprint density at radius 3 is 2.48 bits per heavy atom. The summed E-state index contributed by atoms with van der Waals surface area (Å²) in [5.41, 5.74) is 0. The third-order valence-corrected chi connectivity index (χ3v) is 3.10. The Hall–Kier alpha value is -1.71. The zero-order valence-corrected chi connectivity index (χ0v) is 15.4. The second-order valence-electron chi connectivity index (χ2n) is 4.73. The minimum atomic E-state index is -0.250. The van der Waals surface area contributed by atoms with Crippen LogP contribution in [0.5, 0.6) is 0 Å². The molecule has 134 valence electrons. The van der Waals surface area contributed by atoms with Crippen LogP contribution in [-0.4, -0.2) is 25.3 Å². The van der Waals surface area contributed by atoms with Gasteiger partial charge < -0.3 is 14.6 Å². The summed E-state index contributed by atoms with van der Waals surface area (Å²) >= 11 is 0. The lowest BCUT2D eigenvalue weighted by atomic mass is 10.0. The summed E-state index contributed by atoms with van der Waals surface area (Å²) in [6.45, 7) is 8.79. The van der Waals surface area contributed by atoms with E-state index in [0.29, 0.717) is 5.92 Å². The van der Waals surface area contributed by atoms with Gasteiger partial charge >= 0.3 is 0 Å². The van der Waals surface area contributed by atoms with Crippen molar-refractivity contribution in [3.63, 3.8) is 0 Å². The Bertz CT molecular complexity index is 356. The number of allylic oxidation sites excluding steroid dienone is 4. The highest BCUT2D eigenvalue weighted by molar-refractivity contribution is 5.32. The Kier molecular flexibility index (Phi) is 18.8. The van der Waals surface area contributed by atoms with E-state index < -0.39 is 0 Å². The number of rotatable bonds is 7. The average molecular weight is 326 g/mol. The first-order chi connectivity index (χ1) is 11.2. The summed E-state index contributed by atoms with van der Waals surface area (Å²) in [6.07, 6.45) is 14.4. The lowest BCUT2D eigenvalue weighted by molar-refractivity contribution is -0.122. The Morgan fingerprint density at radius 1 is 1.30 bits per heavy atom. The maximum Gasteiger partial charge on any atom is 0.290 e. The van der Waals surface area contributed by atoms with E-state index in [2.05, 4.69) is 38.2 Å². The quantitative estimate of drug-likeness (QED) is 0.391. The van der Waals surface area contributed by atoms with Crippen LogP contribution in [0.25, 0.3) is 0 Å². The summed E-state index contributed by atoms with van der Waals surface area (Å²) in [7, 11) is 1.72. The van der Waals surface area contributed by atoms with Gasteiger partial charge in [0.05, 0.1) is 13.7 Å². The summed E-state index contributed by atoms with van der Waals surface area (Å²) < 4.78 is 11.3. The van der Waals surface area contributed by atoms with Gasteiger partial charge in [-0.2, -0.15) is 0 Å². The first-order valence-electron chi connectivity index (χ1n) is 8.53. The highest BCUT2D eigenvalue weighted by Gasteiger charge is 2.14. The molecule has 0 amide bonds. The normalized spacial score (nSPS) is 16.7. The molecule has 0 aliphatic heterocycles. The Labute approximate surface area is 141 Å². The van der Waals surface area contributed by atoms with E-state index in [0.717, 1.165) is 37.4 Å². The second-order valence-corrected chi connectivity index (χ2v) is 4.73. The number of ether oxygens (including phenoxy) is 2. The van der Waals surface area contributed by atoms with Crippen LogP contribution >= 0.6 is 0 Å². The molecule has 0 saturated heterocycles. The van der Waals surface area contributed by atoms with Crippen LogP contribution in [0.3, 0.4) is 0 Å². The van der Waals surface area contributed by atoms with Gasteiger partial charge in [0.15, 0.2) is 11.5 Å². The van der Waals surface area contributed by atoms with Gasteiger partial charge in [-0.05, 0) is 44.3 Å². The van der Waals surface area contributed by atoms with E-state index in [-0.39, 0.29) is 6.47 Å². The van der Waals surface area contributed by atoms with Crippen LogP contribution in [0.2, 0.25) is 0 Å². The molecule has 1 rings (SSSR count). The topological polar surface area (TPSA) is 55.8 Å². The Balaban J connectivity index is 0. The monoisotopic (exact) mass is 326 g/mol. The highest BCUT2D eigenvalue weighted by Crippen LogP contribution is 2.24. The molecule has 1 aliphatic carbocycles. The van der Waals surface area contributed by atoms with Crippen LogP contribution in [0, 0.1) is 5.92 Å². The van der Waals surface area contributed by atoms with Crippen molar-refractivity contribution in [1.82, 2.24) is 0 Å². The molecule has 0 heterocycles. The SMILES string of the molecule is C/C=C/C1C=C(OC)C(OCCCCC)=CCC1.CC.O=CO. The molecule has 1 atom stereocenters. The van der Waals surface area contributed by atoms with E-state index in [1.54, 1.807) is 7.11 Å². The van der Waals surface area contributed by atoms with Gasteiger partial charge in [-0.1, -0.05) is 45.8 Å². The molecule has 0 aromatic heterocycles. The van der Waals surface area contributed by atoms with Crippen LogP contribution in [0.4, 0.5) is 0 Å². The molecule has 4 nitrogen and oxygen atoms in total. The minimum absolute atomic E-state index is 0.250. The molecule has 0 bridgehead atoms. The number of methoxy groups -OCH3 is 1. The lowest BCUT2D eigenvalue weighted by Gasteiger charge is -2.12. The van der Waals surface area contributed by atoms with Crippen molar-refractivity contribution in [2.45, 2.75) is 59.8 Å². The molecule has 0 spiro atoms. The molecule has 0 aromatic rings. The number of hydrogen-bond acceptors (Lipinski definition) is 3. The fourth-order valence-corrected chi connectivity index (χ4v) is 2.10. The molecular formula is C19H34O4. The maximum absolute atomic E-state index is 8.36. The van der Waals surface area contributed by atoms with E-state index in [9.17, 15) is 0 Å². The molecule has 23 heavy (non-hydrogen) atoms. The van der Waals surface area contributed by atoms with Crippen molar-refractivity contribution >= 4 is 6.47 Å². The van der Waals surface area contributed by atoms with Crippen LogP contribution in [-0.2, 0) is 14.3 Å². The standard InChI is InChI=1S/C16H26O2.C2H6.CH2O2/c1-4-6-7-12-18-15-11-8-10-14(9-5-2)13-16(15)17-3;1-2;2-1-3/h5,9,11,13-14H,4,6-8,10,12H2,1-3H3;1-2H3;1H,(H,2,3)/b9-5+;;. The smallest absolute Gasteiger partial charge is 0.290 e. The predicted molar refractivity (Wildman–Crippen MR) is 96.2 cm³/mol. The average Bonchev–Trinajstić information content (AvgIpc) is 2.76. The van der Waals surface area contributed by atoms with Crippen LogP contribution < -0.4 is 0 Å². The third kappa shape index (κ3) is 12.5. The third-order valence-electron chi connectivity index (χ3n) is 3.10. The number of carboxylic acid groups (broad SMARTS) is 1. The molecule has 0 fully saturated rings. The largest absolute Gasteiger partial charge is 0.493 e. The zero-order valence-electron chi connectivity index (χ0n) is 15.4. The lowest BCUT2D eigenvalue weighted by Crippen LogP contribution is -2.01. The molecule has 1 unspecified atom stereocenters. The molecule has 1 aliphatic rings. The van der Waals surface area contributed by atoms with Crippen molar-refractivity contribution in [3.05, 3.63) is 35.8 Å².